The van der Waals surface area contributed by atoms with E-state index >= 15 is 0 Å². The van der Waals surface area contributed by atoms with Crippen LogP contribution in [-0.2, 0) is 0 Å². The summed E-state index contributed by atoms with van der Waals surface area (Å²) >= 11 is 0. The van der Waals surface area contributed by atoms with Crippen molar-refractivity contribution < 1.29 is 9.23 Å². The lowest BCUT2D eigenvalue weighted by molar-refractivity contribution is 0.338. The number of nitrogens with two attached hydrogens (primary N) is 1. The highest BCUT2D eigenvalue weighted by Crippen LogP contribution is 2.22. The van der Waals surface area contributed by atoms with E-state index in [-0.39, 0.29) is 5.82 Å². The van der Waals surface area contributed by atoms with Crippen LogP contribution in [-0.4, -0.2) is 4.98 Å². The number of hydrogen-bond donors (Lipinski definition) is 1. The van der Waals surface area contributed by atoms with Crippen molar-refractivity contribution in [3.8, 4) is 5.75 Å². The van der Waals surface area contributed by atoms with Crippen LogP contribution >= 0.6 is 0 Å². The maximum atomic E-state index is 12.8. The molecule has 4 heteroatoms. The predicted molar refractivity (Wildman–Crippen MR) is 46.5 cm³/mol. The summed E-state index contributed by atoms with van der Waals surface area (Å²) < 4.78 is 12.8. The van der Waals surface area contributed by atoms with Crippen molar-refractivity contribution in [3.05, 3.63) is 36.3 Å². The molecule has 1 heterocycles. The molecule has 0 fully saturated rings. The van der Waals surface area contributed by atoms with E-state index in [2.05, 4.69) is 9.82 Å². The zero-order valence-corrected chi connectivity index (χ0v) is 6.70. The molecule has 3 nitrogen and oxygen atoms in total. The molecule has 0 atom stereocenters. The van der Waals surface area contributed by atoms with Gasteiger partial charge >= 0.3 is 0 Å². The minimum Gasteiger partial charge on any atom is -0.411 e. The maximum Gasteiger partial charge on any atom is 0.157 e. The smallest absolute Gasteiger partial charge is 0.157 e. The van der Waals surface area contributed by atoms with Crippen molar-refractivity contribution in [1.29, 1.82) is 0 Å². The van der Waals surface area contributed by atoms with Gasteiger partial charge in [-0.3, -0.25) is 4.98 Å². The van der Waals surface area contributed by atoms with Gasteiger partial charge < -0.3 is 4.84 Å². The first-order valence-electron chi connectivity index (χ1n) is 3.72. The predicted octanol–water partition coefficient (Wildman–Crippen LogP) is 1.63. The molecule has 0 saturated carbocycles. The molecule has 0 amide bonds. The Balaban J connectivity index is 2.77. The number of pyridine rings is 1. The van der Waals surface area contributed by atoms with Gasteiger partial charge in [-0.25, -0.2) is 4.39 Å². The summed E-state index contributed by atoms with van der Waals surface area (Å²) in [5, 5.41) is 0.700. The Hall–Kier alpha value is -1.68. The summed E-state index contributed by atoms with van der Waals surface area (Å²) in [4.78, 5) is 8.58. The third kappa shape index (κ3) is 1.31. The van der Waals surface area contributed by atoms with Crippen LogP contribution in [0.1, 0.15) is 0 Å². The van der Waals surface area contributed by atoms with Crippen molar-refractivity contribution in [2.45, 2.75) is 0 Å². The molecule has 66 valence electrons. The quantitative estimate of drug-likeness (QED) is 0.675. The molecule has 13 heavy (non-hydrogen) atoms. The molecule has 2 rings (SSSR count). The monoisotopic (exact) mass is 178 g/mol. The Bertz CT molecular complexity index is 445. The van der Waals surface area contributed by atoms with Crippen molar-refractivity contribution in [1.82, 2.24) is 4.98 Å². The molecule has 0 aliphatic heterocycles. The van der Waals surface area contributed by atoms with E-state index in [4.69, 9.17) is 5.90 Å². The highest BCUT2D eigenvalue weighted by Gasteiger charge is 2.02. The minimum absolute atomic E-state index is 0.325. The molecule has 1 aromatic carbocycles. The molecular weight excluding hydrogens is 171 g/mol. The Morgan fingerprint density at radius 2 is 2.15 bits per heavy atom. The van der Waals surface area contributed by atoms with Gasteiger partial charge in [0.15, 0.2) is 5.75 Å². The normalized spacial score (nSPS) is 10.3. The molecule has 2 N–H and O–H groups in total. The first-order chi connectivity index (χ1) is 6.31. The molecular formula is C9H7FN2O. The van der Waals surface area contributed by atoms with Crippen LogP contribution < -0.4 is 10.7 Å². The van der Waals surface area contributed by atoms with Gasteiger partial charge in [-0.05, 0) is 12.1 Å². The number of hydrogen-bond acceptors (Lipinski definition) is 3. The Morgan fingerprint density at radius 3 is 2.92 bits per heavy atom. The fraction of sp³-hybridized carbons (Fsp3) is 0. The number of benzene rings is 1. The Morgan fingerprint density at radius 1 is 1.31 bits per heavy atom. The van der Waals surface area contributed by atoms with Crippen LogP contribution in [0.25, 0.3) is 10.9 Å². The van der Waals surface area contributed by atoms with Gasteiger partial charge in [-0.15, -0.1) is 0 Å². The SMILES string of the molecule is NOc1ccnc2cc(F)ccc12. The van der Waals surface area contributed by atoms with E-state index in [1.165, 1.54) is 18.3 Å². The summed E-state index contributed by atoms with van der Waals surface area (Å²) in [5.74, 6) is 5.20. The van der Waals surface area contributed by atoms with Crippen LogP contribution in [0.5, 0.6) is 5.75 Å². The second-order valence-corrected chi connectivity index (χ2v) is 2.59. The zero-order valence-electron chi connectivity index (χ0n) is 6.70. The van der Waals surface area contributed by atoms with Crippen LogP contribution in [0.2, 0.25) is 0 Å². The van der Waals surface area contributed by atoms with E-state index in [9.17, 15) is 4.39 Å². The molecule has 0 spiro atoms. The number of nitrogens with zero attached hydrogens (tertiary/aromatic N) is 1. The number of fused-ring (bicyclic) bond motifs is 1. The molecule has 0 bridgehead atoms. The molecule has 0 unspecified atom stereocenters. The van der Waals surface area contributed by atoms with Gasteiger partial charge in [0.2, 0.25) is 0 Å². The van der Waals surface area contributed by atoms with Gasteiger partial charge in [-0.2, -0.15) is 5.90 Å². The lowest BCUT2D eigenvalue weighted by Crippen LogP contribution is -2.02. The molecule has 0 radical (unpaired) electrons. The molecule has 0 aliphatic rings. The molecule has 2 aromatic rings. The second kappa shape index (κ2) is 2.99. The highest BCUT2D eigenvalue weighted by molar-refractivity contribution is 5.84. The van der Waals surface area contributed by atoms with Crippen LogP contribution in [0, 0.1) is 5.82 Å². The van der Waals surface area contributed by atoms with E-state index in [1.54, 1.807) is 12.1 Å². The molecule has 1 aromatic heterocycles. The fourth-order valence-corrected chi connectivity index (χ4v) is 1.20. The summed E-state index contributed by atoms with van der Waals surface area (Å²) in [6.45, 7) is 0. The van der Waals surface area contributed by atoms with Gasteiger partial charge in [-0.1, -0.05) is 0 Å². The summed E-state index contributed by atoms with van der Waals surface area (Å²) in [6, 6.07) is 5.88. The Labute approximate surface area is 73.9 Å². The average molecular weight is 178 g/mol. The Kier molecular flexibility index (Phi) is 1.83. The van der Waals surface area contributed by atoms with Gasteiger partial charge in [0.05, 0.1) is 5.52 Å². The van der Waals surface area contributed by atoms with Crippen molar-refractivity contribution in [2.24, 2.45) is 5.90 Å². The summed E-state index contributed by atoms with van der Waals surface area (Å²) in [5.41, 5.74) is 0.531. The van der Waals surface area contributed by atoms with E-state index in [0.29, 0.717) is 16.7 Å². The van der Waals surface area contributed by atoms with Gasteiger partial charge in [0, 0.05) is 23.7 Å². The lowest BCUT2D eigenvalue weighted by atomic mass is 10.2. The standard InChI is InChI=1S/C9H7FN2O/c10-6-1-2-7-8(5-6)12-4-3-9(7)13-11/h1-5H,11H2. The first-order valence-corrected chi connectivity index (χ1v) is 3.72. The molecule has 0 aliphatic carbocycles. The van der Waals surface area contributed by atoms with Crippen LogP contribution in [0.3, 0.4) is 0 Å². The van der Waals surface area contributed by atoms with E-state index < -0.39 is 0 Å². The topological polar surface area (TPSA) is 48.1 Å². The third-order valence-electron chi connectivity index (χ3n) is 1.79. The van der Waals surface area contributed by atoms with Crippen molar-refractivity contribution in [2.75, 3.05) is 0 Å². The maximum absolute atomic E-state index is 12.8. The largest absolute Gasteiger partial charge is 0.411 e. The zero-order chi connectivity index (χ0) is 9.26. The lowest BCUT2D eigenvalue weighted by Gasteiger charge is -2.02. The summed E-state index contributed by atoms with van der Waals surface area (Å²) in [7, 11) is 0. The van der Waals surface area contributed by atoms with E-state index in [0.717, 1.165) is 0 Å². The minimum atomic E-state index is -0.325. The third-order valence-corrected chi connectivity index (χ3v) is 1.79. The summed E-state index contributed by atoms with van der Waals surface area (Å²) in [6.07, 6.45) is 1.52. The van der Waals surface area contributed by atoms with Gasteiger partial charge in [0.1, 0.15) is 5.82 Å². The van der Waals surface area contributed by atoms with Gasteiger partial charge in [0.25, 0.3) is 0 Å². The first kappa shape index (κ1) is 7.94. The van der Waals surface area contributed by atoms with Crippen molar-refractivity contribution >= 4 is 10.9 Å². The van der Waals surface area contributed by atoms with Crippen molar-refractivity contribution in [3.63, 3.8) is 0 Å². The fourth-order valence-electron chi connectivity index (χ4n) is 1.20. The van der Waals surface area contributed by atoms with Crippen LogP contribution in [0.15, 0.2) is 30.5 Å². The second-order valence-electron chi connectivity index (χ2n) is 2.59. The number of halogens is 1. The number of rotatable bonds is 1. The average Bonchev–Trinajstić information content (AvgIpc) is 2.16. The van der Waals surface area contributed by atoms with Crippen LogP contribution in [0.4, 0.5) is 4.39 Å². The van der Waals surface area contributed by atoms with E-state index in [1.807, 2.05) is 0 Å². The highest BCUT2D eigenvalue weighted by atomic mass is 19.1. The number of aromatic nitrogens is 1. The molecule has 0 saturated heterocycles.